The quantitative estimate of drug-likeness (QED) is 0.918. The highest BCUT2D eigenvalue weighted by atomic mass is 35.5. The molecule has 1 aromatic carbocycles. The summed E-state index contributed by atoms with van der Waals surface area (Å²) in [7, 11) is 0. The standard InChI is InChI=1S/C16H18ClFN2S/c1-10-11-6-8-21-15(11)5-7-20(10)14(9-19)16-12(17)3-2-4-13(16)18/h2-4,6,8,10,14H,5,7,9,19H2,1H3. The summed E-state index contributed by atoms with van der Waals surface area (Å²) < 4.78 is 14.2. The minimum atomic E-state index is -0.277. The molecule has 3 rings (SSSR count). The number of benzene rings is 1. The Morgan fingerprint density at radius 2 is 2.29 bits per heavy atom. The molecule has 0 radical (unpaired) electrons. The molecule has 0 amide bonds. The lowest BCUT2D eigenvalue weighted by Crippen LogP contribution is -2.40. The smallest absolute Gasteiger partial charge is 0.129 e. The maximum absolute atomic E-state index is 14.2. The monoisotopic (exact) mass is 324 g/mol. The van der Waals surface area contributed by atoms with Crippen molar-refractivity contribution in [1.82, 2.24) is 4.90 Å². The Kier molecular flexibility index (Phi) is 4.31. The Morgan fingerprint density at radius 1 is 1.48 bits per heavy atom. The van der Waals surface area contributed by atoms with E-state index in [1.807, 2.05) is 0 Å². The van der Waals surface area contributed by atoms with Crippen molar-refractivity contribution in [3.8, 4) is 0 Å². The van der Waals surface area contributed by atoms with Crippen LogP contribution in [0.3, 0.4) is 0 Å². The van der Waals surface area contributed by atoms with E-state index in [-0.39, 0.29) is 17.9 Å². The first kappa shape index (κ1) is 15.0. The van der Waals surface area contributed by atoms with Crippen molar-refractivity contribution in [2.24, 2.45) is 5.73 Å². The summed E-state index contributed by atoms with van der Waals surface area (Å²) in [5, 5.41) is 2.58. The van der Waals surface area contributed by atoms with Crippen LogP contribution in [-0.4, -0.2) is 18.0 Å². The van der Waals surface area contributed by atoms with Gasteiger partial charge < -0.3 is 5.73 Å². The van der Waals surface area contributed by atoms with E-state index in [1.165, 1.54) is 16.5 Å². The lowest BCUT2D eigenvalue weighted by atomic mass is 9.95. The summed E-state index contributed by atoms with van der Waals surface area (Å²) in [5.74, 6) is -0.277. The van der Waals surface area contributed by atoms with Gasteiger partial charge in [-0.1, -0.05) is 17.7 Å². The number of fused-ring (bicyclic) bond motifs is 1. The number of nitrogens with zero attached hydrogens (tertiary/aromatic N) is 1. The molecule has 0 saturated heterocycles. The molecule has 2 nitrogen and oxygen atoms in total. The summed E-state index contributed by atoms with van der Waals surface area (Å²) >= 11 is 8.02. The molecule has 2 unspecified atom stereocenters. The van der Waals surface area contributed by atoms with Gasteiger partial charge in [0.05, 0.1) is 6.04 Å². The van der Waals surface area contributed by atoms with Gasteiger partial charge in [-0.25, -0.2) is 4.39 Å². The van der Waals surface area contributed by atoms with Gasteiger partial charge in [-0.2, -0.15) is 0 Å². The highest BCUT2D eigenvalue weighted by Gasteiger charge is 2.32. The van der Waals surface area contributed by atoms with Crippen LogP contribution in [0.15, 0.2) is 29.6 Å². The maximum Gasteiger partial charge on any atom is 0.129 e. The maximum atomic E-state index is 14.2. The van der Waals surface area contributed by atoms with Crippen molar-refractivity contribution in [2.45, 2.75) is 25.4 Å². The second-order valence-electron chi connectivity index (χ2n) is 5.35. The van der Waals surface area contributed by atoms with Gasteiger partial charge in [0.15, 0.2) is 0 Å². The van der Waals surface area contributed by atoms with Crippen molar-refractivity contribution in [1.29, 1.82) is 0 Å². The van der Waals surface area contributed by atoms with Crippen LogP contribution in [0.1, 0.15) is 35.0 Å². The molecule has 0 aliphatic carbocycles. The van der Waals surface area contributed by atoms with Crippen LogP contribution in [0.5, 0.6) is 0 Å². The first-order valence-corrected chi connectivity index (χ1v) is 8.35. The van der Waals surface area contributed by atoms with Crippen LogP contribution < -0.4 is 5.73 Å². The minimum Gasteiger partial charge on any atom is -0.329 e. The SMILES string of the molecule is CC1c2ccsc2CCN1C(CN)c1c(F)cccc1Cl. The van der Waals surface area contributed by atoms with E-state index in [0.29, 0.717) is 17.1 Å². The normalized spacial score (nSPS) is 20.3. The van der Waals surface area contributed by atoms with Crippen LogP contribution in [-0.2, 0) is 6.42 Å². The van der Waals surface area contributed by atoms with Gasteiger partial charge in [0.1, 0.15) is 5.82 Å². The van der Waals surface area contributed by atoms with Crippen LogP contribution in [0.25, 0.3) is 0 Å². The topological polar surface area (TPSA) is 29.3 Å². The summed E-state index contributed by atoms with van der Waals surface area (Å²) in [5.41, 5.74) is 7.82. The number of thiophene rings is 1. The largest absolute Gasteiger partial charge is 0.329 e. The fraction of sp³-hybridized carbons (Fsp3) is 0.375. The number of rotatable bonds is 3. The van der Waals surface area contributed by atoms with Crippen molar-refractivity contribution >= 4 is 22.9 Å². The summed E-state index contributed by atoms with van der Waals surface area (Å²) in [4.78, 5) is 3.69. The van der Waals surface area contributed by atoms with Crippen molar-refractivity contribution in [3.63, 3.8) is 0 Å². The number of hydrogen-bond donors (Lipinski definition) is 1. The molecule has 2 N–H and O–H groups in total. The van der Waals surface area contributed by atoms with E-state index in [4.69, 9.17) is 17.3 Å². The van der Waals surface area contributed by atoms with E-state index >= 15 is 0 Å². The highest BCUT2D eigenvalue weighted by Crippen LogP contribution is 2.39. The first-order chi connectivity index (χ1) is 10.1. The third kappa shape index (κ3) is 2.61. The molecular weight excluding hydrogens is 307 g/mol. The van der Waals surface area contributed by atoms with Gasteiger partial charge in [-0.15, -0.1) is 11.3 Å². The number of nitrogens with two attached hydrogens (primary N) is 1. The molecule has 1 aliphatic rings. The van der Waals surface area contributed by atoms with Gasteiger partial charge >= 0.3 is 0 Å². The third-order valence-electron chi connectivity index (χ3n) is 4.28. The minimum absolute atomic E-state index is 0.193. The Hall–Kier alpha value is -0.940. The molecule has 2 heterocycles. The van der Waals surface area contributed by atoms with Gasteiger partial charge in [-0.3, -0.25) is 4.90 Å². The Balaban J connectivity index is 1.98. The van der Waals surface area contributed by atoms with Crippen LogP contribution >= 0.6 is 22.9 Å². The summed E-state index contributed by atoms with van der Waals surface area (Å²) in [6.45, 7) is 3.38. The van der Waals surface area contributed by atoms with Gasteiger partial charge in [0.2, 0.25) is 0 Å². The van der Waals surface area contributed by atoms with Gasteiger partial charge in [0, 0.05) is 34.6 Å². The number of hydrogen-bond acceptors (Lipinski definition) is 3. The molecule has 112 valence electrons. The zero-order valence-electron chi connectivity index (χ0n) is 11.9. The van der Waals surface area contributed by atoms with Crippen molar-refractivity contribution in [3.05, 3.63) is 56.5 Å². The fourth-order valence-corrected chi connectivity index (χ4v) is 4.45. The zero-order chi connectivity index (χ0) is 15.0. The molecule has 0 saturated carbocycles. The molecule has 0 bridgehead atoms. The fourth-order valence-electron chi connectivity index (χ4n) is 3.20. The van der Waals surface area contributed by atoms with E-state index in [0.717, 1.165) is 13.0 Å². The molecule has 1 aromatic heterocycles. The lowest BCUT2D eigenvalue weighted by Gasteiger charge is -2.39. The van der Waals surface area contributed by atoms with E-state index < -0.39 is 0 Å². The Morgan fingerprint density at radius 3 is 3.00 bits per heavy atom. The summed E-state index contributed by atoms with van der Waals surface area (Å²) in [6, 6.07) is 7.01. The summed E-state index contributed by atoms with van der Waals surface area (Å²) in [6.07, 6.45) is 0.986. The van der Waals surface area contributed by atoms with Crippen molar-refractivity contribution in [2.75, 3.05) is 13.1 Å². The third-order valence-corrected chi connectivity index (χ3v) is 5.61. The van der Waals surface area contributed by atoms with Crippen LogP contribution in [0.4, 0.5) is 4.39 Å². The highest BCUT2D eigenvalue weighted by molar-refractivity contribution is 7.10. The van der Waals surface area contributed by atoms with Gasteiger partial charge in [-0.05, 0) is 42.5 Å². The van der Waals surface area contributed by atoms with Crippen molar-refractivity contribution < 1.29 is 4.39 Å². The number of halogens is 2. The lowest BCUT2D eigenvalue weighted by molar-refractivity contribution is 0.136. The molecule has 0 spiro atoms. The average molecular weight is 325 g/mol. The second-order valence-corrected chi connectivity index (χ2v) is 6.76. The molecule has 0 fully saturated rings. The Labute approximate surface area is 133 Å². The molecule has 5 heteroatoms. The predicted octanol–water partition coefficient (Wildman–Crippen LogP) is 4.16. The average Bonchev–Trinajstić information content (AvgIpc) is 2.94. The zero-order valence-corrected chi connectivity index (χ0v) is 13.4. The predicted molar refractivity (Wildman–Crippen MR) is 86.3 cm³/mol. The van der Waals surface area contributed by atoms with E-state index in [2.05, 4.69) is 23.3 Å². The molecule has 2 atom stereocenters. The molecule has 2 aromatic rings. The van der Waals surface area contributed by atoms with E-state index in [1.54, 1.807) is 23.5 Å². The first-order valence-electron chi connectivity index (χ1n) is 7.09. The van der Waals surface area contributed by atoms with E-state index in [9.17, 15) is 4.39 Å². The van der Waals surface area contributed by atoms with Crippen LogP contribution in [0.2, 0.25) is 5.02 Å². The second kappa shape index (κ2) is 6.05. The van der Waals surface area contributed by atoms with Crippen LogP contribution in [0, 0.1) is 5.82 Å². The molecule has 1 aliphatic heterocycles. The molecule has 21 heavy (non-hydrogen) atoms. The Bertz CT molecular complexity index is 623. The van der Waals surface area contributed by atoms with Gasteiger partial charge in [0.25, 0.3) is 0 Å². The molecular formula is C16H18ClFN2S.